The van der Waals surface area contributed by atoms with E-state index in [1.165, 1.54) is 19.2 Å². The lowest BCUT2D eigenvalue weighted by molar-refractivity contribution is 0.0276. The number of ether oxygens (including phenoxy) is 1. The van der Waals surface area contributed by atoms with Crippen molar-refractivity contribution in [1.82, 2.24) is 4.72 Å². The van der Waals surface area contributed by atoms with Crippen LogP contribution >= 0.6 is 15.9 Å². The van der Waals surface area contributed by atoms with Crippen LogP contribution in [0.1, 0.15) is 13.8 Å². The lowest BCUT2D eigenvalue weighted by atomic mass is 10.1. The number of hydrogen-bond acceptors (Lipinski definition) is 4. The van der Waals surface area contributed by atoms with Crippen LogP contribution in [0.15, 0.2) is 27.6 Å². The molecule has 1 aromatic carbocycles. The molecular weight excluding hydrogens is 320 g/mol. The Labute approximate surface area is 116 Å². The minimum atomic E-state index is -3.57. The fourth-order valence-corrected chi connectivity index (χ4v) is 2.59. The summed E-state index contributed by atoms with van der Waals surface area (Å²) in [5.74, 6) is 0. The molecule has 1 rings (SSSR count). The van der Waals surface area contributed by atoms with Crippen LogP contribution in [0.2, 0.25) is 0 Å². The average molecular weight is 337 g/mol. The van der Waals surface area contributed by atoms with Crippen molar-refractivity contribution in [2.45, 2.75) is 24.3 Å². The van der Waals surface area contributed by atoms with Gasteiger partial charge in [0.15, 0.2) is 0 Å². The molecule has 0 aliphatic rings. The predicted octanol–water partition coefficient (Wildman–Crippen LogP) is 1.73. The van der Waals surface area contributed by atoms with Crippen molar-refractivity contribution >= 4 is 31.6 Å². The van der Waals surface area contributed by atoms with E-state index in [1.54, 1.807) is 19.9 Å². The number of nitrogen functional groups attached to an aromatic ring is 1. The standard InChI is InChI=1S/C11H17BrN2O3S/c1-11(2,17-3)7-14-18(15,16)8-4-5-9(12)10(13)6-8/h4-6,14H,7,13H2,1-3H3. The second-order valence-corrected chi connectivity index (χ2v) is 7.09. The SMILES string of the molecule is COC(C)(C)CNS(=O)(=O)c1ccc(Br)c(N)c1. The highest BCUT2D eigenvalue weighted by Crippen LogP contribution is 2.22. The summed E-state index contributed by atoms with van der Waals surface area (Å²) in [4.78, 5) is 0.134. The Balaban J connectivity index is 2.90. The maximum Gasteiger partial charge on any atom is 0.240 e. The summed E-state index contributed by atoms with van der Waals surface area (Å²) in [5, 5.41) is 0. The van der Waals surface area contributed by atoms with Crippen molar-refractivity contribution in [2.75, 3.05) is 19.4 Å². The molecule has 102 valence electrons. The van der Waals surface area contributed by atoms with E-state index in [1.807, 2.05) is 0 Å². The van der Waals surface area contributed by atoms with Crippen molar-refractivity contribution in [3.63, 3.8) is 0 Å². The number of halogens is 1. The topological polar surface area (TPSA) is 81.4 Å². The number of rotatable bonds is 5. The molecule has 18 heavy (non-hydrogen) atoms. The number of nitrogens with two attached hydrogens (primary N) is 1. The number of methoxy groups -OCH3 is 1. The third kappa shape index (κ3) is 3.94. The highest BCUT2D eigenvalue weighted by Gasteiger charge is 2.22. The minimum absolute atomic E-state index is 0.134. The van der Waals surface area contributed by atoms with Crippen LogP contribution in [0, 0.1) is 0 Å². The molecule has 0 aliphatic heterocycles. The van der Waals surface area contributed by atoms with Crippen molar-refractivity contribution in [3.8, 4) is 0 Å². The molecule has 0 heterocycles. The third-order valence-corrected chi connectivity index (χ3v) is 4.64. The molecule has 1 aromatic rings. The number of benzene rings is 1. The predicted molar refractivity (Wildman–Crippen MR) is 74.8 cm³/mol. The van der Waals surface area contributed by atoms with Gasteiger partial charge in [0.1, 0.15) is 0 Å². The highest BCUT2D eigenvalue weighted by molar-refractivity contribution is 9.10. The van der Waals surface area contributed by atoms with Crippen molar-refractivity contribution in [1.29, 1.82) is 0 Å². The van der Waals surface area contributed by atoms with Crippen LogP contribution in [0.5, 0.6) is 0 Å². The Morgan fingerprint density at radius 1 is 1.44 bits per heavy atom. The second kappa shape index (κ2) is 5.56. The van der Waals surface area contributed by atoms with Gasteiger partial charge in [-0.2, -0.15) is 0 Å². The Kier molecular flexibility index (Phi) is 4.77. The molecule has 0 bridgehead atoms. The highest BCUT2D eigenvalue weighted by atomic mass is 79.9. The van der Waals surface area contributed by atoms with Gasteiger partial charge in [-0.05, 0) is 48.0 Å². The fourth-order valence-electron chi connectivity index (χ4n) is 1.11. The second-order valence-electron chi connectivity index (χ2n) is 4.47. The number of hydrogen-bond donors (Lipinski definition) is 2. The molecule has 3 N–H and O–H groups in total. The lowest BCUT2D eigenvalue weighted by Gasteiger charge is -2.23. The Morgan fingerprint density at radius 3 is 2.56 bits per heavy atom. The molecule has 0 unspecified atom stereocenters. The zero-order valence-corrected chi connectivity index (χ0v) is 12.9. The van der Waals surface area contributed by atoms with Crippen LogP contribution in [0.3, 0.4) is 0 Å². The molecule has 0 atom stereocenters. The number of anilines is 1. The van der Waals surface area contributed by atoms with Crippen LogP contribution in [0.25, 0.3) is 0 Å². The summed E-state index contributed by atoms with van der Waals surface area (Å²) in [7, 11) is -2.04. The molecular formula is C11H17BrN2O3S. The summed E-state index contributed by atoms with van der Waals surface area (Å²) in [6.07, 6.45) is 0. The average Bonchev–Trinajstić information content (AvgIpc) is 2.30. The van der Waals surface area contributed by atoms with E-state index >= 15 is 0 Å². The van der Waals surface area contributed by atoms with E-state index < -0.39 is 15.6 Å². The van der Waals surface area contributed by atoms with E-state index in [9.17, 15) is 8.42 Å². The van der Waals surface area contributed by atoms with Gasteiger partial charge in [0.05, 0.1) is 10.5 Å². The number of sulfonamides is 1. The van der Waals surface area contributed by atoms with Gasteiger partial charge in [-0.15, -0.1) is 0 Å². The van der Waals surface area contributed by atoms with Gasteiger partial charge in [-0.1, -0.05) is 0 Å². The van der Waals surface area contributed by atoms with Gasteiger partial charge in [-0.25, -0.2) is 13.1 Å². The van der Waals surface area contributed by atoms with Gasteiger partial charge in [-0.3, -0.25) is 0 Å². The van der Waals surface area contributed by atoms with Crippen LogP contribution in [0.4, 0.5) is 5.69 Å². The smallest absolute Gasteiger partial charge is 0.240 e. The molecule has 0 spiro atoms. The summed E-state index contributed by atoms with van der Waals surface area (Å²) in [5.41, 5.74) is 5.48. The minimum Gasteiger partial charge on any atom is -0.398 e. The fraction of sp³-hybridized carbons (Fsp3) is 0.455. The van der Waals surface area contributed by atoms with Crippen LogP contribution in [-0.2, 0) is 14.8 Å². The van der Waals surface area contributed by atoms with Gasteiger partial charge < -0.3 is 10.5 Å². The molecule has 0 aliphatic carbocycles. The number of nitrogens with one attached hydrogen (secondary N) is 1. The molecule has 0 amide bonds. The van der Waals surface area contributed by atoms with Gasteiger partial charge in [0, 0.05) is 23.8 Å². The largest absolute Gasteiger partial charge is 0.398 e. The monoisotopic (exact) mass is 336 g/mol. The van der Waals surface area contributed by atoms with E-state index in [0.717, 1.165) is 0 Å². The quantitative estimate of drug-likeness (QED) is 0.802. The zero-order chi connectivity index (χ0) is 14.0. The van der Waals surface area contributed by atoms with Crippen molar-refractivity contribution in [3.05, 3.63) is 22.7 Å². The van der Waals surface area contributed by atoms with Crippen LogP contribution in [-0.4, -0.2) is 27.7 Å². The van der Waals surface area contributed by atoms with E-state index in [2.05, 4.69) is 20.7 Å². The first-order valence-electron chi connectivity index (χ1n) is 5.28. The molecule has 7 heteroatoms. The first-order valence-corrected chi connectivity index (χ1v) is 7.55. The summed E-state index contributed by atoms with van der Waals surface area (Å²) in [6.45, 7) is 3.78. The molecule has 0 saturated heterocycles. The van der Waals surface area contributed by atoms with E-state index in [4.69, 9.17) is 10.5 Å². The maximum atomic E-state index is 12.0. The molecule has 0 fully saturated rings. The summed E-state index contributed by atoms with van der Waals surface area (Å²) in [6, 6.07) is 4.50. The Morgan fingerprint density at radius 2 is 2.06 bits per heavy atom. The molecule has 0 saturated carbocycles. The lowest BCUT2D eigenvalue weighted by Crippen LogP contribution is -2.39. The van der Waals surface area contributed by atoms with Gasteiger partial charge in [0.25, 0.3) is 0 Å². The molecule has 0 radical (unpaired) electrons. The van der Waals surface area contributed by atoms with Crippen molar-refractivity contribution < 1.29 is 13.2 Å². The van der Waals surface area contributed by atoms with Gasteiger partial charge >= 0.3 is 0 Å². The van der Waals surface area contributed by atoms with Gasteiger partial charge in [0.2, 0.25) is 10.0 Å². The molecule has 5 nitrogen and oxygen atoms in total. The summed E-state index contributed by atoms with van der Waals surface area (Å²) < 4.78 is 32.3. The maximum absolute atomic E-state index is 12.0. The first-order chi connectivity index (χ1) is 8.18. The van der Waals surface area contributed by atoms with Crippen LogP contribution < -0.4 is 10.5 Å². The third-order valence-electron chi connectivity index (χ3n) is 2.52. The Bertz CT molecular complexity index is 529. The normalized spacial score (nSPS) is 12.7. The first kappa shape index (κ1) is 15.4. The summed E-state index contributed by atoms with van der Waals surface area (Å²) >= 11 is 3.22. The van der Waals surface area contributed by atoms with Crippen molar-refractivity contribution in [2.24, 2.45) is 0 Å². The Hall–Kier alpha value is -0.630. The van der Waals surface area contributed by atoms with E-state index in [0.29, 0.717) is 10.2 Å². The molecule has 0 aromatic heterocycles. The van der Waals surface area contributed by atoms with E-state index in [-0.39, 0.29) is 11.4 Å². The zero-order valence-electron chi connectivity index (χ0n) is 10.5.